The molecule has 11 heteroatoms. The van der Waals surface area contributed by atoms with E-state index in [-0.39, 0.29) is 0 Å². The number of amides is 3. The van der Waals surface area contributed by atoms with Gasteiger partial charge >= 0.3 is 18.2 Å². The van der Waals surface area contributed by atoms with Crippen molar-refractivity contribution in [2.24, 2.45) is 11.8 Å². The summed E-state index contributed by atoms with van der Waals surface area (Å²) in [6.07, 6.45) is -4.95. The van der Waals surface area contributed by atoms with Crippen LogP contribution in [0.2, 0.25) is 0 Å². The number of halogens is 3. The van der Waals surface area contributed by atoms with E-state index in [1.54, 1.807) is 46.8 Å². The van der Waals surface area contributed by atoms with Crippen LogP contribution in [-0.2, 0) is 14.3 Å². The monoisotopic (exact) mass is 461 g/mol. The third kappa shape index (κ3) is 9.03. The van der Waals surface area contributed by atoms with Gasteiger partial charge in [0, 0.05) is 12.2 Å². The van der Waals surface area contributed by atoms with Crippen LogP contribution in [0.4, 0.5) is 23.7 Å². The van der Waals surface area contributed by atoms with E-state index >= 15 is 0 Å². The highest BCUT2D eigenvalue weighted by Gasteiger charge is 2.46. The van der Waals surface area contributed by atoms with Crippen LogP contribution in [0.5, 0.6) is 5.75 Å². The average Bonchev–Trinajstić information content (AvgIpc) is 2.64. The number of rotatable bonds is 8. The third-order valence-electron chi connectivity index (χ3n) is 4.15. The van der Waals surface area contributed by atoms with Gasteiger partial charge in [0.1, 0.15) is 17.4 Å². The number of nitrogens with one attached hydrogen (secondary N) is 3. The number of carbonyl (C=O) groups excluding carboxylic acids is 3. The molecule has 0 unspecified atom stereocenters. The molecule has 0 bridgehead atoms. The van der Waals surface area contributed by atoms with E-state index in [9.17, 15) is 27.6 Å². The Morgan fingerprint density at radius 3 is 2.03 bits per heavy atom. The number of benzene rings is 1. The Kier molecular flexibility index (Phi) is 9.35. The fourth-order valence-corrected chi connectivity index (χ4v) is 2.52. The molecule has 0 radical (unpaired) electrons. The van der Waals surface area contributed by atoms with Crippen LogP contribution in [0, 0.1) is 11.8 Å². The van der Waals surface area contributed by atoms with E-state index in [4.69, 9.17) is 9.47 Å². The number of anilines is 1. The Labute approximate surface area is 185 Å². The summed E-state index contributed by atoms with van der Waals surface area (Å²) in [5.74, 6) is -4.82. The predicted octanol–water partition coefficient (Wildman–Crippen LogP) is 3.48. The first kappa shape index (κ1) is 27.1. The fraction of sp³-hybridized carbons (Fsp3) is 0.571. The molecule has 0 saturated heterocycles. The van der Waals surface area contributed by atoms with Crippen molar-refractivity contribution in [1.29, 1.82) is 0 Å². The molecule has 0 aromatic heterocycles. The lowest BCUT2D eigenvalue weighted by Gasteiger charge is -2.28. The van der Waals surface area contributed by atoms with Crippen LogP contribution in [0.3, 0.4) is 0 Å². The minimum atomic E-state index is -4.95. The lowest BCUT2D eigenvalue weighted by molar-refractivity contribution is -0.183. The molecule has 3 N–H and O–H groups in total. The highest BCUT2D eigenvalue weighted by molar-refractivity contribution is 5.90. The van der Waals surface area contributed by atoms with Crippen molar-refractivity contribution < 1.29 is 37.0 Å². The normalized spacial score (nSPS) is 13.7. The first-order valence-electron chi connectivity index (χ1n) is 9.93. The van der Waals surface area contributed by atoms with Gasteiger partial charge in [0.2, 0.25) is 5.91 Å². The molecule has 1 aromatic rings. The maximum Gasteiger partial charge on any atom is 0.402 e. The highest BCUT2D eigenvalue weighted by atomic mass is 19.4. The molecule has 0 aliphatic heterocycles. The molecule has 2 atom stereocenters. The summed E-state index contributed by atoms with van der Waals surface area (Å²) in [7, 11) is 1.46. The Bertz CT molecular complexity index is 789. The van der Waals surface area contributed by atoms with Gasteiger partial charge < -0.3 is 25.4 Å². The van der Waals surface area contributed by atoms with Crippen LogP contribution in [0.25, 0.3) is 0 Å². The summed E-state index contributed by atoms with van der Waals surface area (Å²) in [6, 6.07) is 3.92. The zero-order valence-corrected chi connectivity index (χ0v) is 18.9. The Hall–Kier alpha value is -2.98. The number of hydrogen-bond acceptors (Lipinski definition) is 5. The molecular formula is C21H30F3N3O5. The number of esters is 1. The van der Waals surface area contributed by atoms with Gasteiger partial charge in [0.15, 0.2) is 5.92 Å². The van der Waals surface area contributed by atoms with E-state index in [0.29, 0.717) is 11.4 Å². The van der Waals surface area contributed by atoms with Gasteiger partial charge in [-0.2, -0.15) is 13.2 Å². The number of ether oxygens (including phenoxy) is 2. The van der Waals surface area contributed by atoms with Crippen molar-refractivity contribution in [2.75, 3.05) is 19.0 Å². The average molecular weight is 461 g/mol. The standard InChI is InChI=1S/C21H30F3N3O5/c1-12(2)16(18(29)32-20(3,4)5)27-17(28)15(21(22,23)24)11-25-19(30)26-13-7-9-14(31-6)10-8-13/h7-10,12,15-16H,11H2,1-6H3,(H,27,28)(H2,25,26,30)/t15-,16-/m0/s1. The van der Waals surface area contributed by atoms with Crippen molar-refractivity contribution in [3.05, 3.63) is 24.3 Å². The second-order valence-electron chi connectivity index (χ2n) is 8.42. The summed E-state index contributed by atoms with van der Waals surface area (Å²) < 4.78 is 50.6. The van der Waals surface area contributed by atoms with Crippen LogP contribution in [-0.4, -0.2) is 49.4 Å². The summed E-state index contributed by atoms with van der Waals surface area (Å²) in [5, 5.41) is 6.51. The molecule has 0 aliphatic carbocycles. The third-order valence-corrected chi connectivity index (χ3v) is 4.15. The molecule has 8 nitrogen and oxygen atoms in total. The molecule has 0 fully saturated rings. The second-order valence-corrected chi connectivity index (χ2v) is 8.42. The van der Waals surface area contributed by atoms with Crippen LogP contribution in [0.1, 0.15) is 34.6 Å². The summed E-state index contributed by atoms with van der Waals surface area (Å²) in [6.45, 7) is 6.93. The number of alkyl halides is 3. The van der Waals surface area contributed by atoms with Crippen LogP contribution >= 0.6 is 0 Å². The molecule has 0 saturated carbocycles. The largest absolute Gasteiger partial charge is 0.497 e. The lowest BCUT2D eigenvalue weighted by atomic mass is 10.0. The second kappa shape index (κ2) is 11.1. The molecule has 180 valence electrons. The van der Waals surface area contributed by atoms with E-state index in [0.717, 1.165) is 0 Å². The quantitative estimate of drug-likeness (QED) is 0.514. The number of urea groups is 1. The maximum atomic E-state index is 13.5. The van der Waals surface area contributed by atoms with E-state index in [1.165, 1.54) is 19.2 Å². The summed E-state index contributed by atoms with van der Waals surface area (Å²) in [5.41, 5.74) is -0.555. The summed E-state index contributed by atoms with van der Waals surface area (Å²) in [4.78, 5) is 36.7. The molecule has 1 aromatic carbocycles. The van der Waals surface area contributed by atoms with E-state index in [2.05, 4.69) is 10.6 Å². The Morgan fingerprint density at radius 2 is 1.59 bits per heavy atom. The molecule has 1 rings (SSSR count). The van der Waals surface area contributed by atoms with Gasteiger partial charge in [-0.05, 0) is 51.0 Å². The molecule has 0 spiro atoms. The number of methoxy groups -OCH3 is 1. The minimum absolute atomic E-state index is 0.320. The molecule has 3 amide bonds. The Morgan fingerprint density at radius 1 is 1.03 bits per heavy atom. The van der Waals surface area contributed by atoms with Crippen molar-refractivity contribution in [3.8, 4) is 5.75 Å². The number of hydrogen-bond donors (Lipinski definition) is 3. The van der Waals surface area contributed by atoms with Crippen molar-refractivity contribution >= 4 is 23.6 Å². The van der Waals surface area contributed by atoms with Gasteiger partial charge in [-0.3, -0.25) is 4.79 Å². The zero-order valence-electron chi connectivity index (χ0n) is 18.9. The van der Waals surface area contributed by atoms with Gasteiger partial charge in [0.05, 0.1) is 7.11 Å². The summed E-state index contributed by atoms with van der Waals surface area (Å²) >= 11 is 0. The molecule has 0 aliphatic rings. The molecule has 0 heterocycles. The van der Waals surface area contributed by atoms with Crippen molar-refractivity contribution in [3.63, 3.8) is 0 Å². The fourth-order valence-electron chi connectivity index (χ4n) is 2.52. The molecule has 32 heavy (non-hydrogen) atoms. The van der Waals surface area contributed by atoms with Crippen LogP contribution in [0.15, 0.2) is 24.3 Å². The first-order chi connectivity index (χ1) is 14.6. The van der Waals surface area contributed by atoms with Crippen LogP contribution < -0.4 is 20.7 Å². The van der Waals surface area contributed by atoms with E-state index in [1.807, 2.05) is 5.32 Å². The first-order valence-corrected chi connectivity index (χ1v) is 9.93. The van der Waals surface area contributed by atoms with Crippen molar-refractivity contribution in [2.45, 2.75) is 52.4 Å². The number of carbonyl (C=O) groups is 3. The predicted molar refractivity (Wildman–Crippen MR) is 112 cm³/mol. The minimum Gasteiger partial charge on any atom is -0.497 e. The SMILES string of the molecule is COc1ccc(NC(=O)NC[C@@H](C(=O)N[C@H](C(=O)OC(C)(C)C)C(C)C)C(F)(F)F)cc1. The van der Waals surface area contributed by atoms with Gasteiger partial charge in [0.25, 0.3) is 0 Å². The van der Waals surface area contributed by atoms with Gasteiger partial charge in [-0.25, -0.2) is 9.59 Å². The Balaban J connectivity index is 2.82. The maximum absolute atomic E-state index is 13.5. The molecular weight excluding hydrogens is 431 g/mol. The topological polar surface area (TPSA) is 106 Å². The lowest BCUT2D eigenvalue weighted by Crippen LogP contribution is -2.53. The van der Waals surface area contributed by atoms with Gasteiger partial charge in [-0.1, -0.05) is 13.8 Å². The van der Waals surface area contributed by atoms with E-state index < -0.39 is 54.1 Å². The highest BCUT2D eigenvalue weighted by Crippen LogP contribution is 2.26. The zero-order chi connectivity index (χ0) is 24.7. The van der Waals surface area contributed by atoms with Gasteiger partial charge in [-0.15, -0.1) is 0 Å². The smallest absolute Gasteiger partial charge is 0.402 e. The van der Waals surface area contributed by atoms with Crippen molar-refractivity contribution in [1.82, 2.24) is 10.6 Å².